The number of aryl methyl sites for hydroxylation is 2. The van der Waals surface area contributed by atoms with E-state index in [2.05, 4.69) is 5.43 Å². The molecular weight excluding hydrogens is 258 g/mol. The van der Waals surface area contributed by atoms with Crippen molar-refractivity contribution in [3.05, 3.63) is 70.3 Å². The van der Waals surface area contributed by atoms with Crippen molar-refractivity contribution in [2.24, 2.45) is 5.84 Å². The van der Waals surface area contributed by atoms with Crippen LogP contribution in [-0.4, -0.2) is 0 Å². The molecule has 3 N–H and O–H groups in total. The van der Waals surface area contributed by atoms with E-state index in [1.165, 1.54) is 18.2 Å². The first-order chi connectivity index (χ1) is 9.51. The van der Waals surface area contributed by atoms with Crippen molar-refractivity contribution in [1.82, 2.24) is 5.43 Å². The van der Waals surface area contributed by atoms with E-state index in [1.54, 1.807) is 19.1 Å². The van der Waals surface area contributed by atoms with Crippen LogP contribution in [0.5, 0.6) is 0 Å². The van der Waals surface area contributed by atoms with Crippen LogP contribution in [0.3, 0.4) is 0 Å². The molecule has 0 fully saturated rings. The molecule has 0 aromatic heterocycles. The molecule has 2 rings (SSSR count). The zero-order valence-electron chi connectivity index (χ0n) is 11.6. The van der Waals surface area contributed by atoms with Crippen molar-refractivity contribution in [2.75, 3.05) is 0 Å². The highest BCUT2D eigenvalue weighted by molar-refractivity contribution is 5.31. The lowest BCUT2D eigenvalue weighted by atomic mass is 9.96. The van der Waals surface area contributed by atoms with E-state index in [4.69, 9.17) is 5.84 Å². The second-order valence-electron chi connectivity index (χ2n) is 5.00. The Morgan fingerprint density at radius 2 is 1.80 bits per heavy atom. The molecule has 0 aliphatic heterocycles. The predicted molar refractivity (Wildman–Crippen MR) is 76.0 cm³/mol. The van der Waals surface area contributed by atoms with Crippen LogP contribution in [0.1, 0.15) is 28.3 Å². The summed E-state index contributed by atoms with van der Waals surface area (Å²) in [4.78, 5) is 0. The highest BCUT2D eigenvalue weighted by atomic mass is 19.1. The molecule has 4 heteroatoms. The minimum atomic E-state index is -0.259. The molecule has 106 valence electrons. The fourth-order valence-electron chi connectivity index (χ4n) is 2.21. The Hall–Kier alpha value is -1.78. The molecule has 2 aromatic rings. The molecule has 0 aliphatic carbocycles. The van der Waals surface area contributed by atoms with Gasteiger partial charge in [0.25, 0.3) is 0 Å². The summed E-state index contributed by atoms with van der Waals surface area (Å²) in [5, 5.41) is 0. The minimum absolute atomic E-state index is 0.214. The molecule has 0 spiro atoms. The Morgan fingerprint density at radius 1 is 1.05 bits per heavy atom. The van der Waals surface area contributed by atoms with E-state index in [1.807, 2.05) is 13.0 Å². The molecule has 0 amide bonds. The first-order valence-electron chi connectivity index (χ1n) is 6.48. The largest absolute Gasteiger partial charge is 0.271 e. The molecular formula is C16H18F2N2. The van der Waals surface area contributed by atoms with Crippen LogP contribution >= 0.6 is 0 Å². The lowest BCUT2D eigenvalue weighted by Gasteiger charge is -2.18. The maximum Gasteiger partial charge on any atom is 0.126 e. The Kier molecular flexibility index (Phi) is 4.47. The van der Waals surface area contributed by atoms with Gasteiger partial charge < -0.3 is 0 Å². The monoisotopic (exact) mass is 276 g/mol. The topological polar surface area (TPSA) is 38.0 Å². The molecule has 1 unspecified atom stereocenters. The summed E-state index contributed by atoms with van der Waals surface area (Å²) in [5.41, 5.74) is 5.91. The molecule has 2 aromatic carbocycles. The van der Waals surface area contributed by atoms with Crippen LogP contribution < -0.4 is 11.3 Å². The Balaban J connectivity index is 2.26. The predicted octanol–water partition coefficient (Wildman–Crippen LogP) is 3.33. The van der Waals surface area contributed by atoms with Gasteiger partial charge in [-0.25, -0.2) is 8.78 Å². The highest BCUT2D eigenvalue weighted by Crippen LogP contribution is 2.22. The molecule has 0 saturated carbocycles. The SMILES string of the molecule is Cc1ccc(C(Cc2ccc(F)cc2C)NN)cc1F. The quantitative estimate of drug-likeness (QED) is 0.664. The van der Waals surface area contributed by atoms with Crippen LogP contribution in [0.15, 0.2) is 36.4 Å². The summed E-state index contributed by atoms with van der Waals surface area (Å²) in [6.07, 6.45) is 0.575. The van der Waals surface area contributed by atoms with Crippen molar-refractivity contribution in [3.63, 3.8) is 0 Å². The minimum Gasteiger partial charge on any atom is -0.271 e. The molecule has 0 aliphatic rings. The molecule has 0 saturated heterocycles. The molecule has 20 heavy (non-hydrogen) atoms. The number of hydrogen-bond donors (Lipinski definition) is 2. The zero-order chi connectivity index (χ0) is 14.7. The van der Waals surface area contributed by atoms with Gasteiger partial charge in [0.15, 0.2) is 0 Å². The third-order valence-corrected chi connectivity index (χ3v) is 3.53. The summed E-state index contributed by atoms with van der Waals surface area (Å²) in [6, 6.07) is 9.49. The number of nitrogens with two attached hydrogens (primary N) is 1. The van der Waals surface area contributed by atoms with E-state index in [0.29, 0.717) is 12.0 Å². The first-order valence-corrected chi connectivity index (χ1v) is 6.48. The van der Waals surface area contributed by atoms with Crippen LogP contribution in [0, 0.1) is 25.5 Å². The second-order valence-corrected chi connectivity index (χ2v) is 5.00. The summed E-state index contributed by atoms with van der Waals surface area (Å²) in [7, 11) is 0. The van der Waals surface area contributed by atoms with Gasteiger partial charge in [-0.05, 0) is 60.7 Å². The third-order valence-electron chi connectivity index (χ3n) is 3.53. The van der Waals surface area contributed by atoms with E-state index >= 15 is 0 Å². The lowest BCUT2D eigenvalue weighted by Crippen LogP contribution is -2.29. The Bertz CT molecular complexity index is 611. The van der Waals surface area contributed by atoms with Gasteiger partial charge in [0.05, 0.1) is 6.04 Å². The van der Waals surface area contributed by atoms with Crippen molar-refractivity contribution in [1.29, 1.82) is 0 Å². The molecule has 0 heterocycles. The Labute approximate surface area is 117 Å². The fraction of sp³-hybridized carbons (Fsp3) is 0.250. The van der Waals surface area contributed by atoms with Gasteiger partial charge in [-0.1, -0.05) is 18.2 Å². The number of nitrogens with one attached hydrogen (secondary N) is 1. The second kappa shape index (κ2) is 6.11. The number of hydrazine groups is 1. The maximum atomic E-state index is 13.6. The zero-order valence-corrected chi connectivity index (χ0v) is 11.6. The van der Waals surface area contributed by atoms with Gasteiger partial charge in [-0.2, -0.15) is 0 Å². The van der Waals surface area contributed by atoms with Gasteiger partial charge in [0, 0.05) is 0 Å². The number of hydrogen-bond acceptors (Lipinski definition) is 2. The number of halogens is 2. The smallest absolute Gasteiger partial charge is 0.126 e. The van der Waals surface area contributed by atoms with Crippen molar-refractivity contribution in [3.8, 4) is 0 Å². The Morgan fingerprint density at radius 3 is 2.40 bits per heavy atom. The molecule has 1 atom stereocenters. The number of benzene rings is 2. The summed E-state index contributed by atoms with van der Waals surface area (Å²) in [6.45, 7) is 3.57. The maximum absolute atomic E-state index is 13.6. The summed E-state index contributed by atoms with van der Waals surface area (Å²) < 4.78 is 26.7. The van der Waals surface area contributed by atoms with Crippen molar-refractivity contribution < 1.29 is 8.78 Å². The molecule has 2 nitrogen and oxygen atoms in total. The van der Waals surface area contributed by atoms with E-state index in [9.17, 15) is 8.78 Å². The van der Waals surface area contributed by atoms with Crippen LogP contribution in [0.2, 0.25) is 0 Å². The van der Waals surface area contributed by atoms with Gasteiger partial charge in [0.2, 0.25) is 0 Å². The van der Waals surface area contributed by atoms with Gasteiger partial charge in [-0.15, -0.1) is 0 Å². The first kappa shape index (κ1) is 14.6. The van der Waals surface area contributed by atoms with Crippen molar-refractivity contribution >= 4 is 0 Å². The van der Waals surface area contributed by atoms with Gasteiger partial charge >= 0.3 is 0 Å². The standard InChI is InChI=1S/C16H18F2N2/c1-10-3-4-13(8-15(10)18)16(20-19)9-12-5-6-14(17)7-11(12)2/h3-8,16,20H,9,19H2,1-2H3. The van der Waals surface area contributed by atoms with E-state index in [-0.39, 0.29) is 17.7 Å². The van der Waals surface area contributed by atoms with Gasteiger partial charge in [-0.3, -0.25) is 11.3 Å². The molecule has 0 bridgehead atoms. The van der Waals surface area contributed by atoms with Crippen LogP contribution in [0.25, 0.3) is 0 Å². The average Bonchev–Trinajstić information content (AvgIpc) is 2.41. The van der Waals surface area contributed by atoms with Crippen LogP contribution in [0.4, 0.5) is 8.78 Å². The summed E-state index contributed by atoms with van der Waals surface area (Å²) in [5.74, 6) is 5.06. The van der Waals surface area contributed by atoms with Crippen molar-refractivity contribution in [2.45, 2.75) is 26.3 Å². The molecule has 0 radical (unpaired) electrons. The van der Waals surface area contributed by atoms with E-state index < -0.39 is 0 Å². The normalized spacial score (nSPS) is 12.4. The van der Waals surface area contributed by atoms with Crippen LogP contribution in [-0.2, 0) is 6.42 Å². The number of rotatable bonds is 4. The van der Waals surface area contributed by atoms with E-state index in [0.717, 1.165) is 16.7 Å². The highest BCUT2D eigenvalue weighted by Gasteiger charge is 2.13. The fourth-order valence-corrected chi connectivity index (χ4v) is 2.21. The van der Waals surface area contributed by atoms with Gasteiger partial charge in [0.1, 0.15) is 11.6 Å². The third kappa shape index (κ3) is 3.21. The lowest BCUT2D eigenvalue weighted by molar-refractivity contribution is 0.541. The summed E-state index contributed by atoms with van der Waals surface area (Å²) >= 11 is 0. The average molecular weight is 276 g/mol.